The average molecular weight is 408 g/mol. The summed E-state index contributed by atoms with van der Waals surface area (Å²) >= 11 is 0. The maximum atomic E-state index is 15.0. The molecule has 0 amide bonds. The normalized spacial score (nSPS) is 23.7. The van der Waals surface area contributed by atoms with Gasteiger partial charge in [0.2, 0.25) is 0 Å². The van der Waals surface area contributed by atoms with Gasteiger partial charge in [-0.3, -0.25) is 0 Å². The Labute approximate surface area is 168 Å². The zero-order valence-corrected chi connectivity index (χ0v) is 16.3. The molecule has 4 rings (SSSR count). The Bertz CT molecular complexity index is 845. The lowest BCUT2D eigenvalue weighted by Crippen LogP contribution is -2.27. The summed E-state index contributed by atoms with van der Waals surface area (Å²) in [6.45, 7) is 6.00. The van der Waals surface area contributed by atoms with Crippen LogP contribution in [0.1, 0.15) is 43.2 Å². The van der Waals surface area contributed by atoms with Crippen LogP contribution in [0.15, 0.2) is 37.4 Å². The molecule has 2 aliphatic rings. The molecule has 2 aromatic rings. The van der Waals surface area contributed by atoms with Gasteiger partial charge in [-0.05, 0) is 85.6 Å². The first-order chi connectivity index (χ1) is 13.9. The van der Waals surface area contributed by atoms with Gasteiger partial charge in [0.25, 0.3) is 0 Å². The fraction of sp³-hybridized carbons (Fsp3) is 0.417. The molecule has 29 heavy (non-hydrogen) atoms. The highest BCUT2D eigenvalue weighted by atomic mass is 19.2. The Morgan fingerprint density at radius 1 is 0.759 bits per heavy atom. The van der Waals surface area contributed by atoms with Crippen LogP contribution in [0.25, 0.3) is 11.1 Å². The number of hydrogen-bond acceptors (Lipinski definition) is 0. The van der Waals surface area contributed by atoms with Crippen molar-refractivity contribution in [3.8, 4) is 11.1 Å². The number of alkyl halides is 1. The summed E-state index contributed by atoms with van der Waals surface area (Å²) in [4.78, 5) is 0. The molecule has 0 nitrogen and oxygen atoms in total. The summed E-state index contributed by atoms with van der Waals surface area (Å²) in [5.74, 6) is -3.78. The van der Waals surface area contributed by atoms with Gasteiger partial charge in [-0.2, -0.15) is 0 Å². The van der Waals surface area contributed by atoms with Crippen LogP contribution in [-0.2, 0) is 12.8 Å². The van der Waals surface area contributed by atoms with Gasteiger partial charge in [0.05, 0.1) is 0 Å². The summed E-state index contributed by atoms with van der Waals surface area (Å²) in [7, 11) is 0. The van der Waals surface area contributed by atoms with E-state index in [2.05, 4.69) is 13.2 Å². The highest BCUT2D eigenvalue weighted by molar-refractivity contribution is 5.66. The minimum atomic E-state index is -1.55. The second-order valence-electron chi connectivity index (χ2n) is 7.83. The minimum absolute atomic E-state index is 0.00454. The molecule has 0 spiro atoms. The molecule has 0 N–H and O–H groups in total. The zero-order chi connectivity index (χ0) is 21.1. The van der Waals surface area contributed by atoms with Gasteiger partial charge < -0.3 is 0 Å². The molecule has 2 aliphatic carbocycles. The van der Waals surface area contributed by atoms with E-state index in [0.717, 1.165) is 43.4 Å². The molecular formula is C24H25F5. The van der Waals surface area contributed by atoms with Gasteiger partial charge in [0.1, 0.15) is 12.0 Å². The van der Waals surface area contributed by atoms with Gasteiger partial charge >= 0.3 is 0 Å². The zero-order valence-electron chi connectivity index (χ0n) is 16.3. The third kappa shape index (κ3) is 4.39. The quantitative estimate of drug-likeness (QED) is 0.277. The number of hydrogen-bond donors (Lipinski definition) is 0. The maximum absolute atomic E-state index is 15.0. The van der Waals surface area contributed by atoms with Crippen LogP contribution >= 0.6 is 0 Å². The molecule has 5 heteroatoms. The highest BCUT2D eigenvalue weighted by Crippen LogP contribution is 2.40. The standard InChI is InChI=1S/C22H21F5.C2H4/c23-16-5-1-12(2-6-16)13-3-7-17-14(9-13)4-8-18(21(17)26)15-10-19(24)22(27)20(25)11-15;1-2/h4,8,10-13,16H,1-3,5-7,9H2;1-2H2. The predicted octanol–water partition coefficient (Wildman–Crippen LogP) is 7.35. The fourth-order valence-corrected chi connectivity index (χ4v) is 4.72. The van der Waals surface area contributed by atoms with Crippen LogP contribution in [0.3, 0.4) is 0 Å². The first-order valence-corrected chi connectivity index (χ1v) is 10.0. The molecule has 0 heterocycles. The number of fused-ring (bicyclic) bond motifs is 1. The molecule has 0 aliphatic heterocycles. The number of benzene rings is 2. The summed E-state index contributed by atoms with van der Waals surface area (Å²) in [5.41, 5.74) is 1.57. The van der Waals surface area contributed by atoms with Crippen LogP contribution in [0.4, 0.5) is 22.0 Å². The number of halogens is 5. The van der Waals surface area contributed by atoms with Gasteiger partial charge in [0, 0.05) is 5.56 Å². The van der Waals surface area contributed by atoms with Gasteiger partial charge in [-0.1, -0.05) is 12.1 Å². The van der Waals surface area contributed by atoms with Gasteiger partial charge in [0.15, 0.2) is 17.5 Å². The third-order valence-corrected chi connectivity index (χ3v) is 6.25. The topological polar surface area (TPSA) is 0 Å². The molecule has 1 atom stereocenters. The predicted molar refractivity (Wildman–Crippen MR) is 105 cm³/mol. The van der Waals surface area contributed by atoms with Crippen molar-refractivity contribution in [3.05, 3.63) is 71.8 Å². The molecule has 1 fully saturated rings. The van der Waals surface area contributed by atoms with E-state index in [1.165, 1.54) is 6.07 Å². The summed E-state index contributed by atoms with van der Waals surface area (Å²) < 4.78 is 68.6. The van der Waals surface area contributed by atoms with Crippen LogP contribution in [0, 0.1) is 35.1 Å². The van der Waals surface area contributed by atoms with Crippen molar-refractivity contribution in [1.82, 2.24) is 0 Å². The molecule has 1 saturated carbocycles. The van der Waals surface area contributed by atoms with Crippen molar-refractivity contribution >= 4 is 0 Å². The van der Waals surface area contributed by atoms with Crippen molar-refractivity contribution in [2.75, 3.05) is 0 Å². The van der Waals surface area contributed by atoms with Crippen LogP contribution in [0.5, 0.6) is 0 Å². The summed E-state index contributed by atoms with van der Waals surface area (Å²) in [6.07, 6.45) is 4.45. The summed E-state index contributed by atoms with van der Waals surface area (Å²) in [6, 6.07) is 4.97. The Morgan fingerprint density at radius 2 is 1.38 bits per heavy atom. The van der Waals surface area contributed by atoms with E-state index in [-0.39, 0.29) is 11.1 Å². The largest absolute Gasteiger partial charge is 0.247 e. The SMILES string of the molecule is C=C.Fc1cc(-c2ccc3c(c2F)CCC(C2CCC(F)CC2)C3)cc(F)c1F. The molecule has 156 valence electrons. The van der Waals surface area contributed by atoms with E-state index < -0.39 is 29.4 Å². The second-order valence-corrected chi connectivity index (χ2v) is 7.83. The highest BCUT2D eigenvalue weighted by Gasteiger charge is 2.31. The number of rotatable bonds is 2. The van der Waals surface area contributed by atoms with Crippen molar-refractivity contribution in [1.29, 1.82) is 0 Å². The van der Waals surface area contributed by atoms with E-state index in [0.29, 0.717) is 36.7 Å². The Hall–Kier alpha value is -2.17. The minimum Gasteiger partial charge on any atom is -0.247 e. The second kappa shape index (κ2) is 9.10. The lowest BCUT2D eigenvalue weighted by molar-refractivity contribution is 0.157. The lowest BCUT2D eigenvalue weighted by atomic mass is 9.71. The fourth-order valence-electron chi connectivity index (χ4n) is 4.72. The van der Waals surface area contributed by atoms with Crippen LogP contribution in [-0.4, -0.2) is 6.17 Å². The molecule has 0 bridgehead atoms. The molecule has 0 saturated heterocycles. The molecular weight excluding hydrogens is 383 g/mol. The smallest absolute Gasteiger partial charge is 0.194 e. The average Bonchev–Trinajstić information content (AvgIpc) is 2.74. The van der Waals surface area contributed by atoms with Crippen molar-refractivity contribution in [2.24, 2.45) is 11.8 Å². The molecule has 1 unspecified atom stereocenters. The Morgan fingerprint density at radius 3 is 2.00 bits per heavy atom. The van der Waals surface area contributed by atoms with E-state index in [9.17, 15) is 17.6 Å². The Balaban J connectivity index is 0.00000117. The first kappa shape index (κ1) is 21.5. The van der Waals surface area contributed by atoms with E-state index in [1.807, 2.05) is 0 Å². The van der Waals surface area contributed by atoms with Crippen molar-refractivity contribution in [2.45, 2.75) is 51.1 Å². The Kier molecular flexibility index (Phi) is 6.76. The van der Waals surface area contributed by atoms with Crippen LogP contribution in [0.2, 0.25) is 0 Å². The third-order valence-electron chi connectivity index (χ3n) is 6.25. The van der Waals surface area contributed by atoms with Crippen molar-refractivity contribution < 1.29 is 22.0 Å². The lowest BCUT2D eigenvalue weighted by Gasteiger charge is -2.35. The maximum Gasteiger partial charge on any atom is 0.194 e. The van der Waals surface area contributed by atoms with Crippen molar-refractivity contribution in [3.63, 3.8) is 0 Å². The van der Waals surface area contributed by atoms with E-state index >= 15 is 4.39 Å². The molecule has 0 aromatic heterocycles. The van der Waals surface area contributed by atoms with E-state index in [1.54, 1.807) is 6.07 Å². The van der Waals surface area contributed by atoms with Crippen LogP contribution < -0.4 is 0 Å². The first-order valence-electron chi connectivity index (χ1n) is 10.0. The van der Waals surface area contributed by atoms with Gasteiger partial charge in [-0.15, -0.1) is 13.2 Å². The summed E-state index contributed by atoms with van der Waals surface area (Å²) in [5, 5.41) is 0. The molecule has 0 radical (unpaired) electrons. The molecule has 2 aromatic carbocycles. The van der Waals surface area contributed by atoms with Gasteiger partial charge in [-0.25, -0.2) is 22.0 Å². The monoisotopic (exact) mass is 408 g/mol. The van der Waals surface area contributed by atoms with E-state index in [4.69, 9.17) is 0 Å².